The average molecular weight is 539 g/mol. The fourth-order valence-corrected chi connectivity index (χ4v) is 4.74. The number of hydrogen-bond acceptors (Lipinski definition) is 6. The molecular weight excluding hydrogens is 517 g/mol. The molecule has 1 aliphatic heterocycles. The lowest BCUT2D eigenvalue weighted by atomic mass is 9.98. The van der Waals surface area contributed by atoms with Gasteiger partial charge in [0.15, 0.2) is 5.13 Å². The highest BCUT2D eigenvalue weighted by Crippen LogP contribution is 2.36. The summed E-state index contributed by atoms with van der Waals surface area (Å²) < 4.78 is 44.6. The molecular formula is C27H21F3N4O3S. The minimum absolute atomic E-state index is 0.104. The molecule has 0 unspecified atom stereocenters. The molecule has 0 saturated heterocycles. The third-order valence-electron chi connectivity index (χ3n) is 5.98. The van der Waals surface area contributed by atoms with E-state index >= 15 is 0 Å². The molecule has 2 heterocycles. The van der Waals surface area contributed by atoms with E-state index in [0.717, 1.165) is 12.1 Å². The van der Waals surface area contributed by atoms with Crippen molar-refractivity contribution in [3.05, 3.63) is 88.9 Å². The smallest absolute Gasteiger partial charge is 0.416 e. The Balaban J connectivity index is 1.34. The van der Waals surface area contributed by atoms with Crippen molar-refractivity contribution in [1.82, 2.24) is 4.98 Å². The van der Waals surface area contributed by atoms with Gasteiger partial charge >= 0.3 is 6.18 Å². The summed E-state index contributed by atoms with van der Waals surface area (Å²) in [4.78, 5) is 31.8. The standard InChI is InChI=1S/C27H21F3N4O3S/c28-27(29,30)17-7-5-16(6-8-17)20-3-1-2-4-21(20)25(36)32-18-9-10-22-23(13-18)37-12-11-34(22)24(35)14-19-15-38-26(31)33-19/h1-10,13,15H,11-12,14H2,(H2,31,33)(H,32,36). The van der Waals surface area contributed by atoms with E-state index in [-0.39, 0.29) is 18.9 Å². The largest absolute Gasteiger partial charge is 0.489 e. The van der Waals surface area contributed by atoms with Crippen LogP contribution < -0.4 is 20.7 Å². The monoisotopic (exact) mass is 538 g/mol. The fraction of sp³-hybridized carbons (Fsp3) is 0.148. The highest BCUT2D eigenvalue weighted by atomic mass is 32.1. The first-order valence-corrected chi connectivity index (χ1v) is 12.4. The molecule has 3 aromatic carbocycles. The van der Waals surface area contributed by atoms with Crippen molar-refractivity contribution in [1.29, 1.82) is 0 Å². The van der Waals surface area contributed by atoms with Crippen LogP contribution in [0.15, 0.2) is 72.1 Å². The van der Waals surface area contributed by atoms with Gasteiger partial charge in [-0.1, -0.05) is 30.3 Å². The van der Waals surface area contributed by atoms with Crippen molar-refractivity contribution in [3.8, 4) is 16.9 Å². The van der Waals surface area contributed by atoms with Gasteiger partial charge in [0.1, 0.15) is 12.4 Å². The normalized spacial score (nSPS) is 13.0. The summed E-state index contributed by atoms with van der Waals surface area (Å²) in [5.74, 6) is -0.149. The third kappa shape index (κ3) is 5.32. The molecule has 4 aromatic rings. The number of hydrogen-bond donors (Lipinski definition) is 2. The summed E-state index contributed by atoms with van der Waals surface area (Å²) in [5, 5.41) is 4.96. The first-order chi connectivity index (χ1) is 18.2. The number of nitrogen functional groups attached to an aromatic ring is 1. The van der Waals surface area contributed by atoms with Crippen LogP contribution in [0, 0.1) is 0 Å². The van der Waals surface area contributed by atoms with Crippen molar-refractivity contribution >= 4 is 39.7 Å². The number of benzene rings is 3. The minimum atomic E-state index is -4.45. The zero-order valence-corrected chi connectivity index (χ0v) is 20.6. The number of nitrogens with two attached hydrogens (primary N) is 1. The maximum absolute atomic E-state index is 13.2. The number of amides is 2. The van der Waals surface area contributed by atoms with Crippen LogP contribution in [0.1, 0.15) is 21.6 Å². The van der Waals surface area contributed by atoms with E-state index < -0.39 is 17.6 Å². The molecule has 1 aliphatic rings. The molecule has 7 nitrogen and oxygen atoms in total. The number of rotatable bonds is 5. The van der Waals surface area contributed by atoms with E-state index in [9.17, 15) is 22.8 Å². The number of halogens is 3. The first kappa shape index (κ1) is 25.3. The molecule has 2 amide bonds. The predicted molar refractivity (Wildman–Crippen MR) is 139 cm³/mol. The van der Waals surface area contributed by atoms with Gasteiger partial charge in [0.2, 0.25) is 5.91 Å². The van der Waals surface area contributed by atoms with E-state index in [1.807, 2.05) is 0 Å². The summed E-state index contributed by atoms with van der Waals surface area (Å²) in [6, 6.07) is 16.3. The second-order valence-corrected chi connectivity index (χ2v) is 9.39. The quantitative estimate of drug-likeness (QED) is 0.343. The molecule has 3 N–H and O–H groups in total. The Morgan fingerprint density at radius 2 is 1.84 bits per heavy atom. The van der Waals surface area contributed by atoms with Crippen LogP contribution >= 0.6 is 11.3 Å². The summed E-state index contributed by atoms with van der Waals surface area (Å²) in [6.45, 7) is 0.657. The number of nitrogens with zero attached hydrogens (tertiary/aromatic N) is 2. The number of carbonyl (C=O) groups excluding carboxylic acids is 2. The van der Waals surface area contributed by atoms with Crippen molar-refractivity contribution in [2.45, 2.75) is 12.6 Å². The van der Waals surface area contributed by atoms with Crippen molar-refractivity contribution < 1.29 is 27.5 Å². The maximum Gasteiger partial charge on any atom is 0.416 e. The summed E-state index contributed by atoms with van der Waals surface area (Å²) in [6.07, 6.45) is -4.34. The van der Waals surface area contributed by atoms with E-state index in [4.69, 9.17) is 10.5 Å². The molecule has 0 radical (unpaired) electrons. The van der Waals surface area contributed by atoms with Crippen LogP contribution in [0.5, 0.6) is 5.75 Å². The predicted octanol–water partition coefficient (Wildman–Crippen LogP) is 5.63. The molecule has 0 atom stereocenters. The molecule has 5 rings (SSSR count). The zero-order chi connectivity index (χ0) is 26.9. The molecule has 0 fully saturated rings. The molecule has 38 heavy (non-hydrogen) atoms. The molecule has 0 spiro atoms. The number of nitrogens with one attached hydrogen (secondary N) is 1. The molecule has 0 aliphatic carbocycles. The zero-order valence-electron chi connectivity index (χ0n) is 19.8. The highest BCUT2D eigenvalue weighted by molar-refractivity contribution is 7.13. The van der Waals surface area contributed by atoms with Crippen LogP contribution in [0.3, 0.4) is 0 Å². The van der Waals surface area contributed by atoms with Gasteiger partial charge in [0.25, 0.3) is 5.91 Å². The third-order valence-corrected chi connectivity index (χ3v) is 6.70. The topological polar surface area (TPSA) is 97.6 Å². The summed E-state index contributed by atoms with van der Waals surface area (Å²) in [7, 11) is 0. The van der Waals surface area contributed by atoms with E-state index in [0.29, 0.717) is 51.2 Å². The lowest BCUT2D eigenvalue weighted by Gasteiger charge is -2.29. The molecule has 194 valence electrons. The Morgan fingerprint density at radius 1 is 1.08 bits per heavy atom. The second-order valence-electron chi connectivity index (χ2n) is 8.51. The van der Waals surface area contributed by atoms with Gasteiger partial charge in [-0.05, 0) is 41.5 Å². The molecule has 11 heteroatoms. The van der Waals surface area contributed by atoms with Crippen LogP contribution in [-0.4, -0.2) is 29.9 Å². The van der Waals surface area contributed by atoms with Crippen LogP contribution in [-0.2, 0) is 17.4 Å². The molecule has 1 aromatic heterocycles. The SMILES string of the molecule is Nc1nc(CC(=O)N2CCOc3cc(NC(=O)c4ccccc4-c4ccc(C(F)(F)F)cc4)ccc32)cs1. The van der Waals surface area contributed by atoms with Crippen LogP contribution in [0.25, 0.3) is 11.1 Å². The highest BCUT2D eigenvalue weighted by Gasteiger charge is 2.30. The second kappa shape index (κ2) is 10.2. The Kier molecular flexibility index (Phi) is 6.77. The molecule has 0 saturated carbocycles. The van der Waals surface area contributed by atoms with Crippen molar-refractivity contribution in [2.24, 2.45) is 0 Å². The number of carbonyl (C=O) groups is 2. The number of ether oxygens (including phenoxy) is 1. The average Bonchev–Trinajstić information content (AvgIpc) is 3.32. The van der Waals surface area contributed by atoms with Gasteiger partial charge in [-0.2, -0.15) is 13.2 Å². The Labute approximate surface area is 219 Å². The number of anilines is 3. The van der Waals surface area contributed by atoms with Gasteiger partial charge in [-0.3, -0.25) is 9.59 Å². The number of alkyl halides is 3. The van der Waals surface area contributed by atoms with Crippen molar-refractivity contribution in [2.75, 3.05) is 29.1 Å². The lowest BCUT2D eigenvalue weighted by Crippen LogP contribution is -2.39. The van der Waals surface area contributed by atoms with Crippen LogP contribution in [0.4, 0.5) is 29.7 Å². The van der Waals surface area contributed by atoms with Gasteiger partial charge in [-0.15, -0.1) is 11.3 Å². The molecule has 0 bridgehead atoms. The van der Waals surface area contributed by atoms with Gasteiger partial charge in [-0.25, -0.2) is 4.98 Å². The van der Waals surface area contributed by atoms with Gasteiger partial charge in [0, 0.05) is 22.7 Å². The minimum Gasteiger partial charge on any atom is -0.489 e. The van der Waals surface area contributed by atoms with Gasteiger partial charge in [0.05, 0.1) is 29.9 Å². The van der Waals surface area contributed by atoms with Gasteiger partial charge < -0.3 is 20.7 Å². The van der Waals surface area contributed by atoms with Crippen LogP contribution in [0.2, 0.25) is 0 Å². The first-order valence-electron chi connectivity index (χ1n) is 11.5. The number of aromatic nitrogens is 1. The van der Waals surface area contributed by atoms with E-state index in [1.165, 1.54) is 23.5 Å². The fourth-order valence-electron chi connectivity index (χ4n) is 4.18. The van der Waals surface area contributed by atoms with Crippen molar-refractivity contribution in [3.63, 3.8) is 0 Å². The number of thiazole rings is 1. The number of fused-ring (bicyclic) bond motifs is 1. The maximum atomic E-state index is 13.2. The van der Waals surface area contributed by atoms with E-state index in [1.54, 1.807) is 52.7 Å². The lowest BCUT2D eigenvalue weighted by molar-refractivity contribution is -0.137. The summed E-state index contributed by atoms with van der Waals surface area (Å²) in [5.41, 5.74) is 7.78. The Hall–Kier alpha value is -4.38. The Bertz CT molecular complexity index is 1500. The van der Waals surface area contributed by atoms with E-state index in [2.05, 4.69) is 10.3 Å². The Morgan fingerprint density at radius 3 is 2.55 bits per heavy atom. The summed E-state index contributed by atoms with van der Waals surface area (Å²) >= 11 is 1.27.